The normalized spacial score (nSPS) is 11.4. The van der Waals surface area contributed by atoms with Gasteiger partial charge >= 0.3 is 0 Å². The molecule has 2 nitrogen and oxygen atoms in total. The number of rotatable bonds is 2. The number of nitrogens with zero attached hydrogens (tertiary/aromatic N) is 1. The Labute approximate surface area is 120 Å². The molecule has 1 aromatic heterocycles. The van der Waals surface area contributed by atoms with Crippen molar-refractivity contribution in [3.05, 3.63) is 32.5 Å². The van der Waals surface area contributed by atoms with Crippen LogP contribution in [0.1, 0.15) is 19.5 Å². The molecule has 0 radical (unpaired) electrons. The third-order valence-electron chi connectivity index (χ3n) is 2.53. The number of halogens is 2. The minimum Gasteiger partial charge on any atom is -0.398 e. The van der Waals surface area contributed by atoms with E-state index in [2.05, 4.69) is 41.4 Å². The lowest BCUT2D eigenvalue weighted by atomic mass is 10.1. The fourth-order valence-electron chi connectivity index (χ4n) is 1.86. The molecule has 90 valence electrons. The van der Waals surface area contributed by atoms with Gasteiger partial charge in [0.15, 0.2) is 0 Å². The Balaban J connectivity index is 2.64. The number of fused-ring (bicyclic) bond motifs is 1. The lowest BCUT2D eigenvalue weighted by Gasteiger charge is -2.10. The van der Waals surface area contributed by atoms with Crippen molar-refractivity contribution in [1.29, 1.82) is 0 Å². The van der Waals surface area contributed by atoms with Crippen LogP contribution in [0.25, 0.3) is 10.9 Å². The molecule has 0 unspecified atom stereocenters. The molecule has 2 N–H and O–H groups in total. The number of benzene rings is 1. The Morgan fingerprint density at radius 2 is 2.06 bits per heavy atom. The van der Waals surface area contributed by atoms with Crippen LogP contribution in [0.4, 0.5) is 5.69 Å². The van der Waals surface area contributed by atoms with E-state index < -0.39 is 0 Å². The molecule has 0 atom stereocenters. The number of nitrogens with two attached hydrogens (primary N) is 1. The van der Waals surface area contributed by atoms with Crippen molar-refractivity contribution >= 4 is 50.8 Å². The lowest BCUT2D eigenvalue weighted by Crippen LogP contribution is -2.01. The molecule has 0 saturated heterocycles. The van der Waals surface area contributed by atoms with Gasteiger partial charge in [0.2, 0.25) is 0 Å². The van der Waals surface area contributed by atoms with Gasteiger partial charge in [-0.15, -0.1) is 0 Å². The third-order valence-corrected chi connectivity index (χ3v) is 3.57. The van der Waals surface area contributed by atoms with Crippen LogP contribution in [-0.2, 0) is 6.42 Å². The molecule has 1 heterocycles. The molecule has 1 aromatic carbocycles. The Bertz CT molecular complexity index is 567. The molecule has 0 aliphatic rings. The van der Waals surface area contributed by atoms with Crippen LogP contribution >= 0.6 is 34.2 Å². The predicted molar refractivity (Wildman–Crippen MR) is 82.4 cm³/mol. The van der Waals surface area contributed by atoms with Crippen molar-refractivity contribution in [3.63, 3.8) is 0 Å². The van der Waals surface area contributed by atoms with Gasteiger partial charge in [0.05, 0.1) is 5.52 Å². The van der Waals surface area contributed by atoms with Crippen LogP contribution < -0.4 is 5.73 Å². The summed E-state index contributed by atoms with van der Waals surface area (Å²) in [6, 6.07) is 5.74. The number of aromatic nitrogens is 1. The summed E-state index contributed by atoms with van der Waals surface area (Å²) in [5.41, 5.74) is 8.82. The summed E-state index contributed by atoms with van der Waals surface area (Å²) < 4.78 is 1.04. The highest BCUT2D eigenvalue weighted by Gasteiger charge is 2.09. The van der Waals surface area contributed by atoms with Crippen molar-refractivity contribution < 1.29 is 0 Å². The molecule has 0 amide bonds. The molecule has 2 aromatic rings. The van der Waals surface area contributed by atoms with E-state index in [1.54, 1.807) is 0 Å². The lowest BCUT2D eigenvalue weighted by molar-refractivity contribution is 0.637. The highest BCUT2D eigenvalue weighted by atomic mass is 127. The number of nitrogen functional groups attached to an aromatic ring is 1. The van der Waals surface area contributed by atoms with Gasteiger partial charge in [-0.25, -0.2) is 0 Å². The highest BCUT2D eigenvalue weighted by molar-refractivity contribution is 14.1. The average Bonchev–Trinajstić information content (AvgIpc) is 2.19. The summed E-state index contributed by atoms with van der Waals surface area (Å²) in [5.74, 6) is 0.573. The second-order valence-corrected chi connectivity index (χ2v) is 6.18. The van der Waals surface area contributed by atoms with Crippen molar-refractivity contribution in [2.75, 3.05) is 5.73 Å². The van der Waals surface area contributed by atoms with E-state index in [4.69, 9.17) is 17.3 Å². The minimum absolute atomic E-state index is 0.573. The van der Waals surface area contributed by atoms with Crippen LogP contribution in [0, 0.1) is 9.49 Å². The molecule has 0 saturated carbocycles. The van der Waals surface area contributed by atoms with E-state index in [1.165, 1.54) is 0 Å². The third kappa shape index (κ3) is 2.83. The smallest absolute Gasteiger partial charge is 0.0860 e. The van der Waals surface area contributed by atoms with E-state index in [0.717, 1.165) is 32.3 Å². The molecule has 0 spiro atoms. The van der Waals surface area contributed by atoms with Crippen molar-refractivity contribution in [3.8, 4) is 0 Å². The summed E-state index contributed by atoms with van der Waals surface area (Å²) in [5, 5.41) is 1.64. The van der Waals surface area contributed by atoms with E-state index in [-0.39, 0.29) is 0 Å². The Kier molecular flexibility index (Phi) is 3.78. The van der Waals surface area contributed by atoms with E-state index >= 15 is 0 Å². The molecule has 0 aliphatic heterocycles. The first-order valence-corrected chi connectivity index (χ1v) is 6.97. The first kappa shape index (κ1) is 12.9. The van der Waals surface area contributed by atoms with E-state index in [0.29, 0.717) is 10.9 Å². The quantitative estimate of drug-likeness (QED) is 0.812. The Hall–Kier alpha value is -0.550. The van der Waals surface area contributed by atoms with Gasteiger partial charge in [-0.05, 0) is 53.1 Å². The standard InChI is InChI=1S/C13H14ClIN2/c1-7(2)3-9-6-12(16)10-4-8(14)5-11(15)13(10)17-9/h4-7H,3H2,1-2H3,(H2,16,17). The number of hydrogen-bond acceptors (Lipinski definition) is 2. The van der Waals surface area contributed by atoms with Gasteiger partial charge in [0.1, 0.15) is 0 Å². The monoisotopic (exact) mass is 360 g/mol. The van der Waals surface area contributed by atoms with Crippen LogP contribution in [0.3, 0.4) is 0 Å². The number of hydrogen-bond donors (Lipinski definition) is 1. The first-order valence-electron chi connectivity index (χ1n) is 5.51. The van der Waals surface area contributed by atoms with Crippen molar-refractivity contribution in [2.24, 2.45) is 5.92 Å². The maximum atomic E-state index is 6.07. The molecule has 4 heteroatoms. The van der Waals surface area contributed by atoms with E-state index in [9.17, 15) is 0 Å². The number of pyridine rings is 1. The SMILES string of the molecule is CC(C)Cc1cc(N)c2cc(Cl)cc(I)c2n1. The summed E-state index contributed by atoms with van der Waals surface area (Å²) in [4.78, 5) is 4.67. The van der Waals surface area contributed by atoms with Crippen LogP contribution in [-0.4, -0.2) is 4.98 Å². The second kappa shape index (κ2) is 4.98. The first-order chi connectivity index (χ1) is 7.97. The van der Waals surface area contributed by atoms with Gasteiger partial charge in [0.25, 0.3) is 0 Å². The van der Waals surface area contributed by atoms with Crippen LogP contribution in [0.5, 0.6) is 0 Å². The predicted octanol–water partition coefficient (Wildman–Crippen LogP) is 4.27. The topological polar surface area (TPSA) is 38.9 Å². The molecule has 2 rings (SSSR count). The fraction of sp³-hybridized carbons (Fsp3) is 0.308. The second-order valence-electron chi connectivity index (χ2n) is 4.58. The number of anilines is 1. The molecular formula is C13H14ClIN2. The van der Waals surface area contributed by atoms with Gasteiger partial charge < -0.3 is 5.73 Å². The maximum Gasteiger partial charge on any atom is 0.0860 e. The van der Waals surface area contributed by atoms with Gasteiger partial charge in [0, 0.05) is 25.4 Å². The van der Waals surface area contributed by atoms with Gasteiger partial charge in [-0.1, -0.05) is 25.4 Å². The zero-order valence-corrected chi connectivity index (χ0v) is 12.7. The van der Waals surface area contributed by atoms with Crippen molar-refractivity contribution in [1.82, 2.24) is 4.98 Å². The zero-order chi connectivity index (χ0) is 12.6. The molecular weight excluding hydrogens is 347 g/mol. The average molecular weight is 361 g/mol. The maximum absolute atomic E-state index is 6.07. The summed E-state index contributed by atoms with van der Waals surface area (Å²) >= 11 is 8.28. The van der Waals surface area contributed by atoms with Crippen molar-refractivity contribution in [2.45, 2.75) is 20.3 Å². The summed E-state index contributed by atoms with van der Waals surface area (Å²) in [6.07, 6.45) is 0.943. The largest absolute Gasteiger partial charge is 0.398 e. The van der Waals surface area contributed by atoms with Gasteiger partial charge in [-0.3, -0.25) is 4.98 Å². The van der Waals surface area contributed by atoms with E-state index in [1.807, 2.05) is 18.2 Å². The molecule has 0 fully saturated rings. The highest BCUT2D eigenvalue weighted by Crippen LogP contribution is 2.29. The molecule has 0 aliphatic carbocycles. The molecule has 0 bridgehead atoms. The minimum atomic E-state index is 0.573. The zero-order valence-electron chi connectivity index (χ0n) is 9.80. The fourth-order valence-corrected chi connectivity index (χ4v) is 3.00. The van der Waals surface area contributed by atoms with Crippen LogP contribution in [0.2, 0.25) is 5.02 Å². The summed E-state index contributed by atoms with van der Waals surface area (Å²) in [6.45, 7) is 4.35. The van der Waals surface area contributed by atoms with Crippen LogP contribution in [0.15, 0.2) is 18.2 Å². The molecule has 17 heavy (non-hydrogen) atoms. The van der Waals surface area contributed by atoms with Gasteiger partial charge in [-0.2, -0.15) is 0 Å². The Morgan fingerprint density at radius 1 is 1.35 bits per heavy atom. The Morgan fingerprint density at radius 3 is 2.71 bits per heavy atom. The summed E-state index contributed by atoms with van der Waals surface area (Å²) in [7, 11) is 0.